The predicted octanol–water partition coefficient (Wildman–Crippen LogP) is 3.34. The van der Waals surface area contributed by atoms with Gasteiger partial charge in [-0.25, -0.2) is 0 Å². The summed E-state index contributed by atoms with van der Waals surface area (Å²) in [5, 5.41) is 3.45. The number of benzene rings is 2. The Morgan fingerprint density at radius 1 is 0.867 bits per heavy atom. The zero-order chi connectivity index (χ0) is 20.9. The Morgan fingerprint density at radius 2 is 1.53 bits per heavy atom. The molecule has 2 aliphatic rings. The molecule has 4 rings (SSSR count). The molecule has 0 saturated carbocycles. The summed E-state index contributed by atoms with van der Waals surface area (Å²) in [6.07, 6.45) is 2.49. The molecule has 0 aliphatic carbocycles. The quantitative estimate of drug-likeness (QED) is 0.796. The van der Waals surface area contributed by atoms with Crippen molar-refractivity contribution in [3.63, 3.8) is 0 Å². The fourth-order valence-electron chi connectivity index (χ4n) is 4.05. The van der Waals surface area contributed by atoms with Gasteiger partial charge in [0.05, 0.1) is 17.1 Å². The second-order valence-electron chi connectivity index (χ2n) is 7.84. The van der Waals surface area contributed by atoms with Gasteiger partial charge in [0.15, 0.2) is 0 Å². The molecular formula is C23H27ClN4O2. The minimum Gasteiger partial charge on any atom is -0.372 e. The Bertz CT molecular complexity index is 888. The number of amides is 2. The minimum atomic E-state index is -0.0530. The molecular weight excluding hydrogens is 400 g/mol. The monoisotopic (exact) mass is 426 g/mol. The first-order valence-electron chi connectivity index (χ1n) is 10.5. The molecule has 2 amide bonds. The summed E-state index contributed by atoms with van der Waals surface area (Å²) in [4.78, 5) is 31.3. The molecule has 2 saturated heterocycles. The number of carbonyl (C=O) groups is 2. The number of hydrogen-bond donors (Lipinski definition) is 1. The van der Waals surface area contributed by atoms with Crippen molar-refractivity contribution in [2.45, 2.75) is 12.8 Å². The summed E-state index contributed by atoms with van der Waals surface area (Å²) in [7, 11) is 0. The molecule has 0 bridgehead atoms. The van der Waals surface area contributed by atoms with E-state index in [0.717, 1.165) is 18.8 Å². The molecule has 0 radical (unpaired) electrons. The van der Waals surface area contributed by atoms with Crippen molar-refractivity contribution in [3.8, 4) is 0 Å². The standard InChI is InChI=1S/C23H27ClN4O2/c24-21-6-2-1-5-20(21)23(30)28-15-13-26(14-16-28)17-22(29)25-18-7-9-19(10-8-18)27-11-3-4-12-27/h1-2,5-10H,3-4,11-17H2,(H,25,29). The van der Waals surface area contributed by atoms with Crippen molar-refractivity contribution in [1.82, 2.24) is 9.80 Å². The lowest BCUT2D eigenvalue weighted by Crippen LogP contribution is -2.50. The van der Waals surface area contributed by atoms with Gasteiger partial charge in [0.25, 0.3) is 5.91 Å². The zero-order valence-electron chi connectivity index (χ0n) is 17.0. The van der Waals surface area contributed by atoms with Gasteiger partial charge in [-0.1, -0.05) is 23.7 Å². The van der Waals surface area contributed by atoms with Crippen LogP contribution in [0.15, 0.2) is 48.5 Å². The Balaban J connectivity index is 1.24. The van der Waals surface area contributed by atoms with Gasteiger partial charge in [-0.15, -0.1) is 0 Å². The molecule has 0 aromatic heterocycles. The van der Waals surface area contributed by atoms with Gasteiger partial charge >= 0.3 is 0 Å². The minimum absolute atomic E-state index is 0.0326. The van der Waals surface area contributed by atoms with Crippen LogP contribution >= 0.6 is 11.6 Å². The lowest BCUT2D eigenvalue weighted by molar-refractivity contribution is -0.117. The molecule has 30 heavy (non-hydrogen) atoms. The summed E-state index contributed by atoms with van der Waals surface area (Å²) in [6, 6.07) is 15.2. The van der Waals surface area contributed by atoms with E-state index in [1.165, 1.54) is 18.5 Å². The summed E-state index contributed by atoms with van der Waals surface area (Å²) < 4.78 is 0. The maximum absolute atomic E-state index is 12.7. The third kappa shape index (κ3) is 4.94. The first kappa shape index (κ1) is 20.7. The number of rotatable bonds is 5. The maximum atomic E-state index is 12.7. The van der Waals surface area contributed by atoms with Crippen LogP contribution in [0.5, 0.6) is 0 Å². The van der Waals surface area contributed by atoms with Gasteiger partial charge < -0.3 is 15.1 Å². The second-order valence-corrected chi connectivity index (χ2v) is 8.24. The SMILES string of the molecule is O=C(CN1CCN(C(=O)c2ccccc2Cl)CC1)Nc1ccc(N2CCCC2)cc1. The number of nitrogens with zero attached hydrogens (tertiary/aromatic N) is 3. The number of halogens is 1. The average molecular weight is 427 g/mol. The first-order chi connectivity index (χ1) is 14.6. The average Bonchev–Trinajstić information content (AvgIpc) is 3.30. The van der Waals surface area contributed by atoms with E-state index in [-0.39, 0.29) is 11.8 Å². The highest BCUT2D eigenvalue weighted by Gasteiger charge is 2.24. The molecule has 158 valence electrons. The van der Waals surface area contributed by atoms with Crippen molar-refractivity contribution in [1.29, 1.82) is 0 Å². The van der Waals surface area contributed by atoms with Crippen molar-refractivity contribution in [2.24, 2.45) is 0 Å². The third-order valence-corrected chi connectivity index (χ3v) is 6.08. The van der Waals surface area contributed by atoms with Crippen molar-refractivity contribution >= 4 is 34.8 Å². The smallest absolute Gasteiger partial charge is 0.255 e. The van der Waals surface area contributed by atoms with E-state index in [1.807, 2.05) is 24.3 Å². The van der Waals surface area contributed by atoms with Gasteiger partial charge in [0.2, 0.25) is 5.91 Å². The van der Waals surface area contributed by atoms with E-state index < -0.39 is 0 Å². The van der Waals surface area contributed by atoms with E-state index >= 15 is 0 Å². The molecule has 0 unspecified atom stereocenters. The summed E-state index contributed by atoms with van der Waals surface area (Å²) >= 11 is 6.15. The summed E-state index contributed by atoms with van der Waals surface area (Å²) in [5.41, 5.74) is 2.56. The lowest BCUT2D eigenvalue weighted by Gasteiger charge is -2.34. The number of anilines is 2. The third-order valence-electron chi connectivity index (χ3n) is 5.75. The van der Waals surface area contributed by atoms with Crippen molar-refractivity contribution in [3.05, 3.63) is 59.1 Å². The number of carbonyl (C=O) groups excluding carboxylic acids is 2. The van der Waals surface area contributed by atoms with Gasteiger partial charge in [0.1, 0.15) is 0 Å². The number of nitrogens with one attached hydrogen (secondary N) is 1. The highest BCUT2D eigenvalue weighted by Crippen LogP contribution is 2.22. The largest absolute Gasteiger partial charge is 0.372 e. The van der Waals surface area contributed by atoms with Crippen LogP contribution in [-0.2, 0) is 4.79 Å². The van der Waals surface area contributed by atoms with E-state index in [9.17, 15) is 9.59 Å². The van der Waals surface area contributed by atoms with Gasteiger partial charge in [-0.2, -0.15) is 0 Å². The first-order valence-corrected chi connectivity index (χ1v) is 10.9. The van der Waals surface area contributed by atoms with Crippen LogP contribution < -0.4 is 10.2 Å². The van der Waals surface area contributed by atoms with E-state index in [1.54, 1.807) is 17.0 Å². The van der Waals surface area contributed by atoms with Gasteiger partial charge in [-0.3, -0.25) is 14.5 Å². The van der Waals surface area contributed by atoms with Crippen LogP contribution in [0, 0.1) is 0 Å². The molecule has 2 aromatic carbocycles. The van der Waals surface area contributed by atoms with Crippen LogP contribution in [0.2, 0.25) is 5.02 Å². The molecule has 2 heterocycles. The molecule has 1 N–H and O–H groups in total. The fourth-order valence-corrected chi connectivity index (χ4v) is 4.27. The molecule has 2 aliphatic heterocycles. The Hall–Kier alpha value is -2.57. The molecule has 2 fully saturated rings. The Labute approximate surface area is 182 Å². The molecule has 0 atom stereocenters. The van der Waals surface area contributed by atoms with Crippen LogP contribution in [0.25, 0.3) is 0 Å². The normalized spacial score (nSPS) is 17.2. The lowest BCUT2D eigenvalue weighted by atomic mass is 10.2. The second kappa shape index (κ2) is 9.49. The van der Waals surface area contributed by atoms with Crippen molar-refractivity contribution in [2.75, 3.05) is 56.0 Å². The number of hydrogen-bond acceptors (Lipinski definition) is 4. The van der Waals surface area contributed by atoms with Gasteiger partial charge in [-0.05, 0) is 49.2 Å². The number of piperazine rings is 1. The van der Waals surface area contributed by atoms with Crippen LogP contribution in [0.4, 0.5) is 11.4 Å². The zero-order valence-corrected chi connectivity index (χ0v) is 17.8. The molecule has 7 heteroatoms. The van der Waals surface area contributed by atoms with Crippen LogP contribution in [0.3, 0.4) is 0 Å². The highest BCUT2D eigenvalue weighted by atomic mass is 35.5. The Morgan fingerprint density at radius 3 is 2.20 bits per heavy atom. The van der Waals surface area contributed by atoms with Gasteiger partial charge in [0, 0.05) is 50.6 Å². The molecule has 2 aromatic rings. The summed E-state index contributed by atoms with van der Waals surface area (Å²) in [5.74, 6) is -0.0856. The topological polar surface area (TPSA) is 55.9 Å². The van der Waals surface area contributed by atoms with E-state index in [2.05, 4.69) is 27.2 Å². The van der Waals surface area contributed by atoms with E-state index in [4.69, 9.17) is 11.6 Å². The molecule has 6 nitrogen and oxygen atoms in total. The van der Waals surface area contributed by atoms with Crippen molar-refractivity contribution < 1.29 is 9.59 Å². The highest BCUT2D eigenvalue weighted by molar-refractivity contribution is 6.33. The predicted molar refractivity (Wildman–Crippen MR) is 120 cm³/mol. The summed E-state index contributed by atoms with van der Waals surface area (Å²) in [6.45, 7) is 5.04. The Kier molecular flexibility index (Phi) is 6.55. The van der Waals surface area contributed by atoms with Crippen LogP contribution in [-0.4, -0.2) is 67.4 Å². The van der Waals surface area contributed by atoms with Crippen LogP contribution in [0.1, 0.15) is 23.2 Å². The van der Waals surface area contributed by atoms with E-state index in [0.29, 0.717) is 43.3 Å². The molecule has 0 spiro atoms. The fraction of sp³-hybridized carbons (Fsp3) is 0.391. The maximum Gasteiger partial charge on any atom is 0.255 e.